The second-order valence-electron chi connectivity index (χ2n) is 4.73. The van der Waals surface area contributed by atoms with Gasteiger partial charge in [-0.3, -0.25) is 11.3 Å². The van der Waals surface area contributed by atoms with Gasteiger partial charge in [0.15, 0.2) is 0 Å². The number of unbranched alkanes of at least 4 members (excludes halogenated alkanes) is 1. The predicted octanol–water partition coefficient (Wildman–Crippen LogP) is 2.19. The van der Waals surface area contributed by atoms with E-state index in [1.54, 1.807) is 7.11 Å². The van der Waals surface area contributed by atoms with Gasteiger partial charge < -0.3 is 4.74 Å². The van der Waals surface area contributed by atoms with Gasteiger partial charge in [0.25, 0.3) is 0 Å². The number of rotatable bonds is 8. The van der Waals surface area contributed by atoms with Gasteiger partial charge in [-0.15, -0.1) is 0 Å². The number of ether oxygens (including phenoxy) is 1. The fraction of sp³-hybridized carbons (Fsp3) is 0.400. The minimum Gasteiger partial charge on any atom is -0.385 e. The van der Waals surface area contributed by atoms with Crippen LogP contribution in [0.5, 0.6) is 0 Å². The highest BCUT2D eigenvalue weighted by Gasteiger charge is 2.12. The van der Waals surface area contributed by atoms with Crippen LogP contribution >= 0.6 is 0 Å². The van der Waals surface area contributed by atoms with Crippen LogP contribution in [0.4, 0.5) is 0 Å². The van der Waals surface area contributed by atoms with Crippen LogP contribution in [0, 0.1) is 0 Å². The average Bonchev–Trinajstić information content (AvgIpc) is 2.98. The molecule has 0 saturated heterocycles. The Kier molecular flexibility index (Phi) is 5.73. The number of aromatic nitrogens is 2. The van der Waals surface area contributed by atoms with Gasteiger partial charge in [-0.05, 0) is 37.5 Å². The van der Waals surface area contributed by atoms with Crippen molar-refractivity contribution in [1.82, 2.24) is 15.2 Å². The van der Waals surface area contributed by atoms with Crippen molar-refractivity contribution < 1.29 is 4.74 Å². The smallest absolute Gasteiger partial charge is 0.0811 e. The lowest BCUT2D eigenvalue weighted by atomic mass is 10.1. The first-order valence-corrected chi connectivity index (χ1v) is 6.91. The number of methoxy groups -OCH3 is 1. The Bertz CT molecular complexity index is 498. The minimum atomic E-state index is 0.0804. The summed E-state index contributed by atoms with van der Waals surface area (Å²) < 4.78 is 6.92. The molecule has 0 amide bonds. The number of para-hydroxylation sites is 1. The summed E-state index contributed by atoms with van der Waals surface area (Å²) in [7, 11) is 1.72. The fourth-order valence-electron chi connectivity index (χ4n) is 2.16. The monoisotopic (exact) mass is 274 g/mol. The number of hydrogen-bond acceptors (Lipinski definition) is 4. The van der Waals surface area contributed by atoms with Crippen LogP contribution in [0.2, 0.25) is 0 Å². The Morgan fingerprint density at radius 3 is 2.75 bits per heavy atom. The molecule has 1 heterocycles. The Morgan fingerprint density at radius 1 is 1.25 bits per heavy atom. The molecule has 0 saturated carbocycles. The molecule has 108 valence electrons. The standard InChI is InChI=1S/C15H22N4O/c1-20-12-6-5-9-14(17-16)15-10-11-19(18-15)13-7-3-2-4-8-13/h2-4,7-8,10-11,14,17H,5-6,9,12,16H2,1H3. The molecule has 0 radical (unpaired) electrons. The predicted molar refractivity (Wildman–Crippen MR) is 79.4 cm³/mol. The van der Waals surface area contributed by atoms with Crippen LogP contribution in [0.3, 0.4) is 0 Å². The first kappa shape index (κ1) is 14.7. The van der Waals surface area contributed by atoms with Crippen LogP contribution < -0.4 is 11.3 Å². The number of nitrogens with zero attached hydrogens (tertiary/aromatic N) is 2. The summed E-state index contributed by atoms with van der Waals surface area (Å²) >= 11 is 0. The van der Waals surface area contributed by atoms with E-state index in [9.17, 15) is 0 Å². The molecule has 1 atom stereocenters. The van der Waals surface area contributed by atoms with E-state index in [2.05, 4.69) is 10.5 Å². The number of benzene rings is 1. The van der Waals surface area contributed by atoms with Crippen molar-refractivity contribution in [2.75, 3.05) is 13.7 Å². The fourth-order valence-corrected chi connectivity index (χ4v) is 2.16. The van der Waals surface area contributed by atoms with E-state index in [4.69, 9.17) is 10.6 Å². The quantitative estimate of drug-likeness (QED) is 0.440. The van der Waals surface area contributed by atoms with Crippen LogP contribution in [0.1, 0.15) is 31.0 Å². The van der Waals surface area contributed by atoms with Gasteiger partial charge in [-0.1, -0.05) is 18.2 Å². The van der Waals surface area contributed by atoms with Crippen molar-refractivity contribution in [3.63, 3.8) is 0 Å². The molecule has 2 aromatic rings. The van der Waals surface area contributed by atoms with Crippen molar-refractivity contribution in [2.24, 2.45) is 5.84 Å². The molecule has 1 unspecified atom stereocenters. The summed E-state index contributed by atoms with van der Waals surface area (Å²) in [5, 5.41) is 4.59. The van der Waals surface area contributed by atoms with E-state index in [0.717, 1.165) is 37.3 Å². The maximum atomic E-state index is 5.64. The summed E-state index contributed by atoms with van der Waals surface area (Å²) in [6, 6.07) is 12.1. The lowest BCUT2D eigenvalue weighted by molar-refractivity contribution is 0.190. The zero-order chi connectivity index (χ0) is 14.2. The van der Waals surface area contributed by atoms with Crippen molar-refractivity contribution in [3.05, 3.63) is 48.3 Å². The zero-order valence-corrected chi connectivity index (χ0v) is 11.8. The van der Waals surface area contributed by atoms with Crippen LogP contribution in [0.25, 0.3) is 5.69 Å². The topological polar surface area (TPSA) is 65.1 Å². The molecule has 3 N–H and O–H groups in total. The highest BCUT2D eigenvalue weighted by molar-refractivity contribution is 5.30. The van der Waals surface area contributed by atoms with Gasteiger partial charge in [0.2, 0.25) is 0 Å². The van der Waals surface area contributed by atoms with E-state index in [-0.39, 0.29) is 6.04 Å². The van der Waals surface area contributed by atoms with Gasteiger partial charge in [-0.25, -0.2) is 4.68 Å². The first-order chi connectivity index (χ1) is 9.85. The third kappa shape index (κ3) is 3.90. The molecule has 1 aromatic carbocycles. The van der Waals surface area contributed by atoms with Crippen molar-refractivity contribution in [3.8, 4) is 5.69 Å². The largest absolute Gasteiger partial charge is 0.385 e. The van der Waals surface area contributed by atoms with Crippen LogP contribution in [-0.2, 0) is 4.74 Å². The summed E-state index contributed by atoms with van der Waals surface area (Å²) in [6.45, 7) is 0.787. The minimum absolute atomic E-state index is 0.0804. The van der Waals surface area contributed by atoms with E-state index in [1.165, 1.54) is 0 Å². The second kappa shape index (κ2) is 7.79. The maximum Gasteiger partial charge on any atom is 0.0811 e. The van der Waals surface area contributed by atoms with Crippen molar-refractivity contribution >= 4 is 0 Å². The number of nitrogens with one attached hydrogen (secondary N) is 1. The molecule has 2 rings (SSSR count). The van der Waals surface area contributed by atoms with Gasteiger partial charge in [0.1, 0.15) is 0 Å². The molecular formula is C15H22N4O. The Morgan fingerprint density at radius 2 is 2.05 bits per heavy atom. The molecule has 1 aromatic heterocycles. The number of nitrogens with two attached hydrogens (primary N) is 1. The second-order valence-corrected chi connectivity index (χ2v) is 4.73. The highest BCUT2D eigenvalue weighted by atomic mass is 16.5. The van der Waals surface area contributed by atoms with E-state index >= 15 is 0 Å². The Labute approximate surface area is 119 Å². The van der Waals surface area contributed by atoms with Crippen LogP contribution in [0.15, 0.2) is 42.6 Å². The maximum absolute atomic E-state index is 5.64. The molecule has 0 spiro atoms. The molecule has 5 heteroatoms. The normalized spacial score (nSPS) is 12.5. The number of hydrazine groups is 1. The lowest BCUT2D eigenvalue weighted by Gasteiger charge is -2.13. The molecule has 0 aliphatic carbocycles. The lowest BCUT2D eigenvalue weighted by Crippen LogP contribution is -2.28. The molecule has 20 heavy (non-hydrogen) atoms. The molecular weight excluding hydrogens is 252 g/mol. The molecule has 0 fully saturated rings. The van der Waals surface area contributed by atoms with Crippen molar-refractivity contribution in [1.29, 1.82) is 0 Å². The van der Waals surface area contributed by atoms with Gasteiger partial charge >= 0.3 is 0 Å². The summed E-state index contributed by atoms with van der Waals surface area (Å²) in [4.78, 5) is 0. The SMILES string of the molecule is COCCCCC(NN)c1ccn(-c2ccccc2)n1. The van der Waals surface area contributed by atoms with Gasteiger partial charge in [0, 0.05) is 19.9 Å². The first-order valence-electron chi connectivity index (χ1n) is 6.91. The van der Waals surface area contributed by atoms with Gasteiger partial charge in [0.05, 0.1) is 17.4 Å². The van der Waals surface area contributed by atoms with E-state index in [1.807, 2.05) is 47.3 Å². The van der Waals surface area contributed by atoms with Gasteiger partial charge in [-0.2, -0.15) is 5.10 Å². The third-order valence-electron chi connectivity index (χ3n) is 3.28. The average molecular weight is 274 g/mol. The summed E-state index contributed by atoms with van der Waals surface area (Å²) in [5.74, 6) is 5.64. The van der Waals surface area contributed by atoms with E-state index in [0.29, 0.717) is 0 Å². The summed E-state index contributed by atoms with van der Waals surface area (Å²) in [6.07, 6.45) is 5.00. The molecule has 5 nitrogen and oxygen atoms in total. The highest BCUT2D eigenvalue weighted by Crippen LogP contribution is 2.18. The Balaban J connectivity index is 1.99. The molecule has 0 bridgehead atoms. The molecule has 0 aliphatic heterocycles. The van der Waals surface area contributed by atoms with Crippen molar-refractivity contribution in [2.45, 2.75) is 25.3 Å². The summed E-state index contributed by atoms with van der Waals surface area (Å²) in [5.41, 5.74) is 4.86. The van der Waals surface area contributed by atoms with Crippen LogP contribution in [-0.4, -0.2) is 23.5 Å². The third-order valence-corrected chi connectivity index (χ3v) is 3.28. The molecule has 0 aliphatic rings. The Hall–Kier alpha value is -1.69. The number of hydrogen-bond donors (Lipinski definition) is 2. The zero-order valence-electron chi connectivity index (χ0n) is 11.8. The van der Waals surface area contributed by atoms with E-state index < -0.39 is 0 Å².